The van der Waals surface area contributed by atoms with Crippen LogP contribution in [-0.2, 0) is 11.2 Å². The van der Waals surface area contributed by atoms with Gasteiger partial charge in [-0.25, -0.2) is 0 Å². The average Bonchev–Trinajstić information content (AvgIpc) is 2.58. The SMILES string of the molecule is C[C@@H]1CN(CCc2ccccc2)C(=O)C[C@H]1Nc1ccccc1. The van der Waals surface area contributed by atoms with Gasteiger partial charge in [-0.05, 0) is 30.0 Å². The molecule has 3 nitrogen and oxygen atoms in total. The third kappa shape index (κ3) is 4.13. The highest BCUT2D eigenvalue weighted by Gasteiger charge is 2.31. The summed E-state index contributed by atoms with van der Waals surface area (Å²) in [5.74, 6) is 0.705. The third-order valence-corrected chi connectivity index (χ3v) is 4.58. The summed E-state index contributed by atoms with van der Waals surface area (Å²) < 4.78 is 0. The number of likely N-dealkylation sites (tertiary alicyclic amines) is 1. The summed E-state index contributed by atoms with van der Waals surface area (Å²) in [6, 6.07) is 20.7. The van der Waals surface area contributed by atoms with Crippen LogP contribution in [0.25, 0.3) is 0 Å². The quantitative estimate of drug-likeness (QED) is 0.915. The van der Waals surface area contributed by atoms with Gasteiger partial charge in [0.15, 0.2) is 0 Å². The Bertz CT molecular complexity index is 627. The first-order chi connectivity index (χ1) is 11.2. The van der Waals surface area contributed by atoms with E-state index in [1.54, 1.807) is 0 Å². The Morgan fingerprint density at radius 2 is 1.70 bits per heavy atom. The van der Waals surface area contributed by atoms with Crippen molar-refractivity contribution in [3.63, 3.8) is 0 Å². The lowest BCUT2D eigenvalue weighted by Gasteiger charge is -2.37. The highest BCUT2D eigenvalue weighted by atomic mass is 16.2. The van der Waals surface area contributed by atoms with Gasteiger partial charge in [-0.2, -0.15) is 0 Å². The Morgan fingerprint density at radius 3 is 2.39 bits per heavy atom. The van der Waals surface area contributed by atoms with Gasteiger partial charge in [0.05, 0.1) is 0 Å². The third-order valence-electron chi connectivity index (χ3n) is 4.58. The lowest BCUT2D eigenvalue weighted by Crippen LogP contribution is -2.49. The first kappa shape index (κ1) is 15.6. The van der Waals surface area contributed by atoms with Crippen molar-refractivity contribution < 1.29 is 4.79 Å². The number of carbonyl (C=O) groups excluding carboxylic acids is 1. The minimum absolute atomic E-state index is 0.220. The van der Waals surface area contributed by atoms with Crippen LogP contribution in [0.4, 0.5) is 5.69 Å². The van der Waals surface area contributed by atoms with Crippen molar-refractivity contribution in [3.05, 3.63) is 66.2 Å². The number of anilines is 1. The molecule has 120 valence electrons. The molecular formula is C20H24N2O. The summed E-state index contributed by atoms with van der Waals surface area (Å²) in [7, 11) is 0. The molecule has 0 aliphatic carbocycles. The number of piperidine rings is 1. The number of rotatable bonds is 5. The van der Waals surface area contributed by atoms with Gasteiger partial charge in [0, 0.05) is 31.2 Å². The largest absolute Gasteiger partial charge is 0.381 e. The summed E-state index contributed by atoms with van der Waals surface area (Å²) >= 11 is 0. The molecule has 1 saturated heterocycles. The lowest BCUT2D eigenvalue weighted by atomic mass is 9.92. The molecule has 1 aliphatic heterocycles. The number of amides is 1. The second kappa shape index (κ2) is 7.32. The van der Waals surface area contributed by atoms with Crippen LogP contribution < -0.4 is 5.32 Å². The molecule has 1 aliphatic rings. The van der Waals surface area contributed by atoms with Crippen molar-refractivity contribution in [3.8, 4) is 0 Å². The summed E-state index contributed by atoms with van der Waals surface area (Å²) in [5.41, 5.74) is 2.38. The number of nitrogens with one attached hydrogen (secondary N) is 1. The number of benzene rings is 2. The van der Waals surface area contributed by atoms with Crippen LogP contribution in [0, 0.1) is 5.92 Å². The molecule has 2 atom stereocenters. The van der Waals surface area contributed by atoms with Gasteiger partial charge in [0.25, 0.3) is 0 Å². The highest BCUT2D eigenvalue weighted by Crippen LogP contribution is 2.22. The molecule has 0 unspecified atom stereocenters. The van der Waals surface area contributed by atoms with E-state index in [0.717, 1.165) is 25.2 Å². The van der Waals surface area contributed by atoms with Gasteiger partial charge < -0.3 is 10.2 Å². The number of para-hydroxylation sites is 1. The van der Waals surface area contributed by atoms with E-state index >= 15 is 0 Å². The molecule has 0 radical (unpaired) electrons. The minimum Gasteiger partial charge on any atom is -0.381 e. The van der Waals surface area contributed by atoms with Gasteiger partial charge in [-0.1, -0.05) is 55.5 Å². The fourth-order valence-electron chi connectivity index (χ4n) is 3.16. The van der Waals surface area contributed by atoms with Gasteiger partial charge in [0.2, 0.25) is 5.91 Å². The fourth-order valence-corrected chi connectivity index (χ4v) is 3.16. The fraction of sp³-hybridized carbons (Fsp3) is 0.350. The zero-order chi connectivity index (χ0) is 16.1. The van der Waals surface area contributed by atoms with Crippen molar-refractivity contribution >= 4 is 11.6 Å². The van der Waals surface area contributed by atoms with Crippen molar-refractivity contribution in [2.45, 2.75) is 25.8 Å². The molecule has 1 N–H and O–H groups in total. The predicted octanol–water partition coefficient (Wildman–Crippen LogP) is 3.58. The van der Waals surface area contributed by atoms with Crippen molar-refractivity contribution in [2.24, 2.45) is 5.92 Å². The van der Waals surface area contributed by atoms with Crippen molar-refractivity contribution in [1.82, 2.24) is 4.90 Å². The molecule has 0 aromatic heterocycles. The Kier molecular flexibility index (Phi) is 4.96. The summed E-state index contributed by atoms with van der Waals surface area (Å²) in [6.45, 7) is 3.87. The van der Waals surface area contributed by atoms with E-state index in [1.807, 2.05) is 29.2 Å². The van der Waals surface area contributed by atoms with Gasteiger partial charge in [-0.15, -0.1) is 0 Å². The van der Waals surface area contributed by atoms with Crippen LogP contribution >= 0.6 is 0 Å². The van der Waals surface area contributed by atoms with Gasteiger partial charge in [0.1, 0.15) is 0 Å². The molecule has 1 fully saturated rings. The molecule has 0 saturated carbocycles. The van der Waals surface area contributed by atoms with E-state index in [1.165, 1.54) is 5.56 Å². The molecule has 2 aromatic carbocycles. The second-order valence-corrected chi connectivity index (χ2v) is 6.37. The molecule has 3 rings (SSSR count). The van der Waals surface area contributed by atoms with E-state index in [-0.39, 0.29) is 11.9 Å². The maximum absolute atomic E-state index is 12.4. The maximum atomic E-state index is 12.4. The Morgan fingerprint density at radius 1 is 1.04 bits per heavy atom. The second-order valence-electron chi connectivity index (χ2n) is 6.37. The van der Waals surface area contributed by atoms with Crippen LogP contribution in [0.1, 0.15) is 18.9 Å². The van der Waals surface area contributed by atoms with Crippen LogP contribution in [0.15, 0.2) is 60.7 Å². The highest BCUT2D eigenvalue weighted by molar-refractivity contribution is 5.78. The zero-order valence-corrected chi connectivity index (χ0v) is 13.6. The zero-order valence-electron chi connectivity index (χ0n) is 13.6. The van der Waals surface area contributed by atoms with Crippen LogP contribution in [-0.4, -0.2) is 29.9 Å². The van der Waals surface area contributed by atoms with Crippen LogP contribution in [0.2, 0.25) is 0 Å². The Balaban J connectivity index is 1.55. The molecule has 1 amide bonds. The monoisotopic (exact) mass is 308 g/mol. The number of nitrogens with zero attached hydrogens (tertiary/aromatic N) is 1. The number of carbonyl (C=O) groups is 1. The molecule has 2 aromatic rings. The molecular weight excluding hydrogens is 284 g/mol. The molecule has 1 heterocycles. The summed E-state index contributed by atoms with van der Waals surface area (Å²) in [4.78, 5) is 14.5. The topological polar surface area (TPSA) is 32.3 Å². The average molecular weight is 308 g/mol. The first-order valence-corrected chi connectivity index (χ1v) is 8.35. The minimum atomic E-state index is 0.220. The van der Waals surface area contributed by atoms with Crippen molar-refractivity contribution in [2.75, 3.05) is 18.4 Å². The van der Waals surface area contributed by atoms with E-state index in [0.29, 0.717) is 12.3 Å². The molecule has 23 heavy (non-hydrogen) atoms. The molecule has 0 bridgehead atoms. The van der Waals surface area contributed by atoms with E-state index < -0.39 is 0 Å². The number of hydrogen-bond donors (Lipinski definition) is 1. The Labute approximate surface area is 138 Å². The first-order valence-electron chi connectivity index (χ1n) is 8.35. The standard InChI is InChI=1S/C20H24N2O/c1-16-15-22(13-12-17-8-4-2-5-9-17)20(23)14-19(16)21-18-10-6-3-7-11-18/h2-11,16,19,21H,12-15H2,1H3/t16-,19-/m1/s1. The smallest absolute Gasteiger partial charge is 0.224 e. The molecule has 0 spiro atoms. The molecule has 3 heteroatoms. The van der Waals surface area contributed by atoms with Crippen molar-refractivity contribution in [1.29, 1.82) is 0 Å². The Hall–Kier alpha value is -2.29. The summed E-state index contributed by atoms with van der Waals surface area (Å²) in [6.07, 6.45) is 1.50. The van der Waals surface area contributed by atoms with Crippen LogP contribution in [0.5, 0.6) is 0 Å². The lowest BCUT2D eigenvalue weighted by molar-refractivity contribution is -0.134. The van der Waals surface area contributed by atoms with Gasteiger partial charge in [-0.3, -0.25) is 4.79 Å². The van der Waals surface area contributed by atoms with E-state index in [9.17, 15) is 4.79 Å². The predicted molar refractivity (Wildman–Crippen MR) is 94.4 cm³/mol. The van der Waals surface area contributed by atoms with Gasteiger partial charge >= 0.3 is 0 Å². The number of hydrogen-bond acceptors (Lipinski definition) is 2. The maximum Gasteiger partial charge on any atom is 0.224 e. The normalized spacial score (nSPS) is 21.3. The van der Waals surface area contributed by atoms with E-state index in [2.05, 4.69) is 48.6 Å². The van der Waals surface area contributed by atoms with E-state index in [4.69, 9.17) is 0 Å². The van der Waals surface area contributed by atoms with Crippen LogP contribution in [0.3, 0.4) is 0 Å². The summed E-state index contributed by atoms with van der Waals surface area (Å²) in [5, 5.41) is 3.51.